The summed E-state index contributed by atoms with van der Waals surface area (Å²) in [6.45, 7) is 12.6. The summed E-state index contributed by atoms with van der Waals surface area (Å²) in [5.41, 5.74) is 3.68. The molecule has 6 rings (SSSR count). The highest BCUT2D eigenvalue weighted by atomic mass is 35.5. The van der Waals surface area contributed by atoms with Gasteiger partial charge in [0.25, 0.3) is 5.91 Å². The number of benzene rings is 2. The Morgan fingerprint density at radius 3 is 2.57 bits per heavy atom. The predicted octanol–water partition coefficient (Wildman–Crippen LogP) is 7.32. The number of piperazine rings is 1. The van der Waals surface area contributed by atoms with Gasteiger partial charge in [-0.25, -0.2) is 4.79 Å². The van der Waals surface area contributed by atoms with Gasteiger partial charge in [-0.2, -0.15) is 0 Å². The number of carbonyl (C=O) groups excluding carboxylic acids is 2. The zero-order valence-corrected chi connectivity index (χ0v) is 34.2. The van der Waals surface area contributed by atoms with Gasteiger partial charge in [-0.1, -0.05) is 73.6 Å². The van der Waals surface area contributed by atoms with Gasteiger partial charge in [0.05, 0.1) is 12.3 Å². The summed E-state index contributed by atoms with van der Waals surface area (Å²) in [4.78, 5) is 35.1. The average Bonchev–Trinajstić information content (AvgIpc) is 3.31. The minimum atomic E-state index is -0.573. The number of ether oxygens (including phenoxy) is 2. The molecule has 7 unspecified atom stereocenters. The Labute approximate surface area is 325 Å². The van der Waals surface area contributed by atoms with Crippen LogP contribution >= 0.6 is 22.3 Å². The first-order valence-corrected chi connectivity index (χ1v) is 21.3. The fourth-order valence-corrected chi connectivity index (χ4v) is 10.1. The molecule has 290 valence electrons. The number of hydrogen-bond acceptors (Lipinski definition) is 6. The fourth-order valence-electron chi connectivity index (χ4n) is 8.70. The lowest BCUT2D eigenvalue weighted by Crippen LogP contribution is -2.59. The Kier molecular flexibility index (Phi) is 12.8. The van der Waals surface area contributed by atoms with Crippen molar-refractivity contribution in [2.45, 2.75) is 69.6 Å². The molecule has 9 nitrogen and oxygen atoms in total. The summed E-state index contributed by atoms with van der Waals surface area (Å²) >= 11 is 6.51. The van der Waals surface area contributed by atoms with Crippen molar-refractivity contribution in [3.8, 4) is 5.75 Å². The molecule has 3 heterocycles. The number of anilines is 1. The molecule has 53 heavy (non-hydrogen) atoms. The van der Waals surface area contributed by atoms with Crippen molar-refractivity contribution in [2.24, 2.45) is 17.8 Å². The number of amides is 3. The lowest BCUT2D eigenvalue weighted by molar-refractivity contribution is -0.0945. The summed E-state index contributed by atoms with van der Waals surface area (Å²) in [5.74, 6) is 6.25. The number of allylic oxidation sites excluding steroid dienone is 1. The molecule has 7 atom stereocenters. The second-order valence-corrected chi connectivity index (χ2v) is 18.2. The Morgan fingerprint density at radius 2 is 1.89 bits per heavy atom. The van der Waals surface area contributed by atoms with Crippen LogP contribution in [-0.4, -0.2) is 117 Å². The summed E-state index contributed by atoms with van der Waals surface area (Å²) in [6, 6.07) is 12.3. The smallest absolute Gasteiger partial charge is 0.319 e. The normalized spacial score (nSPS) is 30.3. The van der Waals surface area contributed by atoms with Crippen LogP contribution in [0.15, 0.2) is 48.6 Å². The largest absolute Gasteiger partial charge is 0.491 e. The van der Waals surface area contributed by atoms with Crippen molar-refractivity contribution < 1.29 is 19.1 Å². The van der Waals surface area contributed by atoms with Gasteiger partial charge in [-0.15, -0.1) is 0 Å². The number of nitrogens with zero attached hydrogens (tertiary/aromatic N) is 4. The molecule has 3 aliphatic heterocycles. The zero-order valence-electron chi connectivity index (χ0n) is 32.6. The van der Waals surface area contributed by atoms with Crippen LogP contribution in [0, 0.1) is 17.8 Å². The second kappa shape index (κ2) is 17.2. The quantitative estimate of drug-likeness (QED) is 0.246. The molecule has 0 radical (unpaired) electrons. The summed E-state index contributed by atoms with van der Waals surface area (Å²) in [7, 11) is 4.95. The third-order valence-corrected chi connectivity index (χ3v) is 14.3. The molecule has 2 aromatic carbocycles. The van der Waals surface area contributed by atoms with E-state index in [1.807, 2.05) is 50.4 Å². The van der Waals surface area contributed by atoms with Gasteiger partial charge in [0.15, 0.2) is 0 Å². The van der Waals surface area contributed by atoms with Gasteiger partial charge in [0, 0.05) is 88.8 Å². The maximum absolute atomic E-state index is 13.7. The number of fused-ring (bicyclic) bond motifs is 2. The van der Waals surface area contributed by atoms with Crippen LogP contribution < -0.4 is 14.4 Å². The van der Waals surface area contributed by atoms with Crippen molar-refractivity contribution in [1.82, 2.24) is 19.4 Å². The predicted molar refractivity (Wildman–Crippen MR) is 220 cm³/mol. The van der Waals surface area contributed by atoms with Crippen LogP contribution in [0.2, 0.25) is 5.02 Å². The average molecular weight is 766 g/mol. The molecule has 1 saturated carbocycles. The standard InChI is InChI=1S/C42H60ClN5O4S/c1-8-10-31-23-35(43)14-15-36(31)34-26-48-25-33-12-16-37(33)42(51-6,28-46-19-21-47(22-20-46)41(50)45(4)5)18-9-11-29(2)30(3)53(7)44-40(49)32-13-17-39(52-27-34)38(48)24-32/h9,13-15,17-18,23-24,29-30,33-34,37H,7-8,10-12,16,19-22,25-28H2,1-6H3,(H,44,49)/b18-9+. The molecule has 0 spiro atoms. The maximum atomic E-state index is 13.7. The molecule has 2 aromatic rings. The molecule has 1 N–H and O–H groups in total. The number of nitrogens with one attached hydrogen (secondary N) is 1. The second-order valence-electron chi connectivity index (χ2n) is 15.9. The Hall–Kier alpha value is -3.05. The van der Waals surface area contributed by atoms with E-state index in [0.717, 1.165) is 81.3 Å². The minimum Gasteiger partial charge on any atom is -0.491 e. The highest BCUT2D eigenvalue weighted by molar-refractivity contribution is 8.13. The maximum Gasteiger partial charge on any atom is 0.319 e. The Bertz CT molecular complexity index is 1680. The summed E-state index contributed by atoms with van der Waals surface area (Å²) in [5, 5.41) is 0.946. The highest BCUT2D eigenvalue weighted by Crippen LogP contribution is 2.47. The fraction of sp³-hybridized carbons (Fsp3) is 0.595. The van der Waals surface area contributed by atoms with E-state index >= 15 is 0 Å². The first kappa shape index (κ1) is 39.6. The zero-order chi connectivity index (χ0) is 37.9. The first-order valence-electron chi connectivity index (χ1n) is 19.5. The molecule has 1 saturated heterocycles. The Balaban J connectivity index is 1.36. The van der Waals surface area contributed by atoms with Crippen molar-refractivity contribution in [2.75, 3.05) is 78.5 Å². The number of carbonyl (C=O) groups is 2. The van der Waals surface area contributed by atoms with Crippen molar-refractivity contribution in [1.29, 1.82) is 0 Å². The summed E-state index contributed by atoms with van der Waals surface area (Å²) in [6.07, 6.45) is 9.73. The van der Waals surface area contributed by atoms with Crippen LogP contribution in [0.3, 0.4) is 0 Å². The van der Waals surface area contributed by atoms with E-state index in [1.54, 1.807) is 4.90 Å². The molecule has 11 heteroatoms. The van der Waals surface area contributed by atoms with E-state index in [-0.39, 0.29) is 23.1 Å². The number of hydrogen-bond donors (Lipinski definition) is 1. The molecule has 1 aliphatic carbocycles. The van der Waals surface area contributed by atoms with Crippen LogP contribution in [0.1, 0.15) is 73.9 Å². The molecule has 4 aliphatic rings. The summed E-state index contributed by atoms with van der Waals surface area (Å²) < 4.78 is 16.6. The van der Waals surface area contributed by atoms with Crippen molar-refractivity contribution >= 4 is 45.8 Å². The molecular weight excluding hydrogens is 706 g/mol. The molecule has 0 aromatic heterocycles. The van der Waals surface area contributed by atoms with Crippen LogP contribution in [-0.2, 0) is 11.2 Å². The number of halogens is 1. The third-order valence-electron chi connectivity index (χ3n) is 12.3. The van der Waals surface area contributed by atoms with Crippen LogP contribution in [0.25, 0.3) is 0 Å². The molecule has 3 amide bonds. The van der Waals surface area contributed by atoms with Gasteiger partial charge in [-0.05, 0) is 84.9 Å². The third kappa shape index (κ3) is 8.77. The number of methoxy groups -OCH3 is 1. The van der Waals surface area contributed by atoms with E-state index < -0.39 is 16.3 Å². The van der Waals surface area contributed by atoms with Crippen LogP contribution in [0.4, 0.5) is 10.5 Å². The van der Waals surface area contributed by atoms with E-state index in [0.29, 0.717) is 43.0 Å². The van der Waals surface area contributed by atoms with Crippen molar-refractivity contribution in [3.63, 3.8) is 0 Å². The monoisotopic (exact) mass is 765 g/mol. The minimum absolute atomic E-state index is 0.0714. The molecule has 2 bridgehead atoms. The topological polar surface area (TPSA) is 77.6 Å². The van der Waals surface area contributed by atoms with Gasteiger partial charge < -0.3 is 28.9 Å². The highest BCUT2D eigenvalue weighted by Gasteiger charge is 2.48. The lowest BCUT2D eigenvalue weighted by atomic mass is 9.63. The number of urea groups is 1. The van der Waals surface area contributed by atoms with Gasteiger partial charge in [0.1, 0.15) is 11.4 Å². The van der Waals surface area contributed by atoms with Gasteiger partial charge in [-0.3, -0.25) is 9.69 Å². The van der Waals surface area contributed by atoms with Gasteiger partial charge in [0.2, 0.25) is 0 Å². The number of rotatable bonds is 6. The first-order chi connectivity index (χ1) is 25.4. The Morgan fingerprint density at radius 1 is 1.11 bits per heavy atom. The van der Waals surface area contributed by atoms with Crippen LogP contribution in [0.5, 0.6) is 5.75 Å². The SMILES string of the molecule is C=S1NC(=O)c2ccc3c(c2)N(CC(c2ccc(Cl)cc2CCC)CO3)CC2CCC2C(CN2CCN(C(=O)N(C)C)CC2)(OC)/C=C/CC(C)C1C. The van der Waals surface area contributed by atoms with E-state index in [1.165, 1.54) is 11.1 Å². The number of aryl methyl sites for hydroxylation is 1. The van der Waals surface area contributed by atoms with Crippen molar-refractivity contribution in [3.05, 3.63) is 70.3 Å². The van der Waals surface area contributed by atoms with Gasteiger partial charge >= 0.3 is 6.03 Å². The van der Waals surface area contributed by atoms with E-state index in [4.69, 9.17) is 21.1 Å². The molecular formula is C42H60ClN5O4S. The molecule has 2 fully saturated rings. The lowest BCUT2D eigenvalue weighted by Gasteiger charge is -2.52. The van der Waals surface area contributed by atoms with E-state index in [2.05, 4.69) is 65.4 Å². The van der Waals surface area contributed by atoms with E-state index in [9.17, 15) is 9.59 Å².